The van der Waals surface area contributed by atoms with Crippen LogP contribution < -0.4 is 19.5 Å². The minimum atomic E-state index is -0.165. The number of ether oxygens (including phenoxy) is 3. The Morgan fingerprint density at radius 2 is 1.90 bits per heavy atom. The second-order valence-corrected chi connectivity index (χ2v) is 7.68. The molecule has 6 nitrogen and oxygen atoms in total. The van der Waals surface area contributed by atoms with Crippen LogP contribution in [0.4, 0.5) is 4.79 Å². The van der Waals surface area contributed by atoms with E-state index in [1.807, 2.05) is 30.3 Å². The fraction of sp³-hybridized carbons (Fsp3) is 0.409. The fourth-order valence-electron chi connectivity index (χ4n) is 3.09. The molecule has 2 aromatic carbocycles. The summed E-state index contributed by atoms with van der Waals surface area (Å²) in [5.74, 6) is 2.27. The number of carbonyl (C=O) groups is 1. The molecule has 0 saturated heterocycles. The summed E-state index contributed by atoms with van der Waals surface area (Å²) in [6, 6.07) is 12.8. The standard InChI is InChI=1S/C22H27ClN2O4/c1-15(2)21(16-8-9-19-20(14-16)29-13-12-28-19)24-22(26)25(3)10-11-27-18-7-5-4-6-17(18)23/h4-9,14-15,21H,10-13H2,1-3H3,(H,24,26)/t21-/m1/s1. The van der Waals surface area contributed by atoms with E-state index in [0.29, 0.717) is 37.1 Å². The quantitative estimate of drug-likeness (QED) is 0.717. The van der Waals surface area contributed by atoms with Gasteiger partial charge in [-0.15, -0.1) is 0 Å². The van der Waals surface area contributed by atoms with Crippen LogP contribution in [0.3, 0.4) is 0 Å². The van der Waals surface area contributed by atoms with Crippen LogP contribution in [0.15, 0.2) is 42.5 Å². The maximum atomic E-state index is 12.7. The summed E-state index contributed by atoms with van der Waals surface area (Å²) in [4.78, 5) is 14.3. The molecule has 0 spiro atoms. The summed E-state index contributed by atoms with van der Waals surface area (Å²) >= 11 is 6.09. The van der Waals surface area contributed by atoms with Crippen LogP contribution in [0, 0.1) is 5.92 Å². The summed E-state index contributed by atoms with van der Waals surface area (Å²) in [6.07, 6.45) is 0. The highest BCUT2D eigenvalue weighted by atomic mass is 35.5. The lowest BCUT2D eigenvalue weighted by Gasteiger charge is -2.28. The summed E-state index contributed by atoms with van der Waals surface area (Å²) in [5.41, 5.74) is 0.985. The van der Waals surface area contributed by atoms with Gasteiger partial charge in [-0.05, 0) is 35.7 Å². The van der Waals surface area contributed by atoms with Crippen LogP contribution in [-0.2, 0) is 0 Å². The van der Waals surface area contributed by atoms with E-state index < -0.39 is 0 Å². The van der Waals surface area contributed by atoms with E-state index in [9.17, 15) is 4.79 Å². The topological polar surface area (TPSA) is 60.0 Å². The van der Waals surface area contributed by atoms with Crippen molar-refractivity contribution in [3.63, 3.8) is 0 Å². The predicted molar refractivity (Wildman–Crippen MR) is 113 cm³/mol. The molecule has 1 N–H and O–H groups in total. The van der Waals surface area contributed by atoms with Crippen molar-refractivity contribution in [3.8, 4) is 17.2 Å². The zero-order valence-electron chi connectivity index (χ0n) is 17.0. The molecule has 156 valence electrons. The summed E-state index contributed by atoms with van der Waals surface area (Å²) < 4.78 is 16.9. The van der Waals surface area contributed by atoms with Gasteiger partial charge in [0.05, 0.1) is 17.6 Å². The molecule has 0 saturated carbocycles. The lowest BCUT2D eigenvalue weighted by atomic mass is 9.95. The smallest absolute Gasteiger partial charge is 0.317 e. The molecule has 1 heterocycles. The molecular weight excluding hydrogens is 392 g/mol. The average Bonchev–Trinajstić information content (AvgIpc) is 2.72. The van der Waals surface area contributed by atoms with Crippen molar-refractivity contribution in [3.05, 3.63) is 53.1 Å². The van der Waals surface area contributed by atoms with Crippen molar-refractivity contribution >= 4 is 17.6 Å². The van der Waals surface area contributed by atoms with Crippen LogP contribution in [0.5, 0.6) is 17.2 Å². The Morgan fingerprint density at radius 3 is 2.62 bits per heavy atom. The normalized spacial score (nSPS) is 13.7. The van der Waals surface area contributed by atoms with Gasteiger partial charge in [0.1, 0.15) is 25.6 Å². The molecule has 0 fully saturated rings. The number of likely N-dealkylation sites (N-methyl/N-ethyl adjacent to an activating group) is 1. The molecule has 1 aliphatic heterocycles. The first kappa shape index (κ1) is 21.1. The highest BCUT2D eigenvalue weighted by Gasteiger charge is 2.22. The molecule has 1 aliphatic rings. The van der Waals surface area contributed by atoms with Gasteiger partial charge in [0.2, 0.25) is 0 Å². The number of benzene rings is 2. The van der Waals surface area contributed by atoms with Crippen LogP contribution in [0.2, 0.25) is 5.02 Å². The largest absolute Gasteiger partial charge is 0.490 e. The van der Waals surface area contributed by atoms with Crippen molar-refractivity contribution in [1.82, 2.24) is 10.2 Å². The maximum Gasteiger partial charge on any atom is 0.317 e. The number of fused-ring (bicyclic) bond motifs is 1. The Bertz CT molecular complexity index is 843. The van der Waals surface area contributed by atoms with E-state index in [1.54, 1.807) is 24.1 Å². The number of hydrogen-bond donors (Lipinski definition) is 1. The summed E-state index contributed by atoms with van der Waals surface area (Å²) in [5, 5.41) is 3.66. The number of carbonyl (C=O) groups excluding carboxylic acids is 1. The van der Waals surface area contributed by atoms with Crippen molar-refractivity contribution in [2.45, 2.75) is 19.9 Å². The van der Waals surface area contributed by atoms with Crippen LogP contribution in [0.25, 0.3) is 0 Å². The van der Waals surface area contributed by atoms with Crippen molar-refractivity contribution in [2.24, 2.45) is 5.92 Å². The van der Waals surface area contributed by atoms with Gasteiger partial charge in [-0.1, -0.05) is 43.6 Å². The summed E-state index contributed by atoms with van der Waals surface area (Å²) in [6.45, 7) is 6.01. The Balaban J connectivity index is 1.58. The van der Waals surface area contributed by atoms with Gasteiger partial charge in [-0.3, -0.25) is 0 Å². The molecule has 3 rings (SSSR count). The van der Waals surface area contributed by atoms with Gasteiger partial charge in [-0.25, -0.2) is 4.79 Å². The first-order chi connectivity index (χ1) is 14.0. The summed E-state index contributed by atoms with van der Waals surface area (Å²) in [7, 11) is 1.74. The third kappa shape index (κ3) is 5.48. The predicted octanol–water partition coefficient (Wildman–Crippen LogP) is 4.53. The van der Waals surface area contributed by atoms with Crippen LogP contribution in [-0.4, -0.2) is 44.3 Å². The number of halogens is 1. The number of para-hydroxylation sites is 1. The monoisotopic (exact) mass is 418 g/mol. The molecule has 0 unspecified atom stereocenters. The Hall–Kier alpha value is -2.60. The molecule has 0 aromatic heterocycles. The third-order valence-corrected chi connectivity index (χ3v) is 5.05. The number of hydrogen-bond acceptors (Lipinski definition) is 4. The molecular formula is C22H27ClN2O4. The fourth-order valence-corrected chi connectivity index (χ4v) is 3.28. The molecule has 2 amide bonds. The second kappa shape index (κ2) is 9.74. The number of amides is 2. The third-order valence-electron chi connectivity index (χ3n) is 4.74. The molecule has 2 aromatic rings. The number of rotatable bonds is 7. The van der Waals surface area contributed by atoms with E-state index in [0.717, 1.165) is 17.1 Å². The number of urea groups is 1. The second-order valence-electron chi connectivity index (χ2n) is 7.27. The lowest BCUT2D eigenvalue weighted by molar-refractivity contribution is 0.171. The van der Waals surface area contributed by atoms with Gasteiger partial charge in [-0.2, -0.15) is 0 Å². The molecule has 1 atom stereocenters. The van der Waals surface area contributed by atoms with E-state index in [1.165, 1.54) is 0 Å². The number of nitrogens with one attached hydrogen (secondary N) is 1. The molecule has 29 heavy (non-hydrogen) atoms. The highest BCUT2D eigenvalue weighted by Crippen LogP contribution is 2.34. The first-order valence-corrected chi connectivity index (χ1v) is 10.1. The van der Waals surface area contributed by atoms with E-state index in [2.05, 4.69) is 19.2 Å². The average molecular weight is 419 g/mol. The minimum absolute atomic E-state index is 0.148. The van der Waals surface area contributed by atoms with E-state index in [4.69, 9.17) is 25.8 Å². The molecule has 7 heteroatoms. The maximum absolute atomic E-state index is 12.7. The Labute approximate surface area is 176 Å². The van der Waals surface area contributed by atoms with Gasteiger partial charge in [0.25, 0.3) is 0 Å². The van der Waals surface area contributed by atoms with Gasteiger partial charge >= 0.3 is 6.03 Å². The molecule has 0 aliphatic carbocycles. The van der Waals surface area contributed by atoms with E-state index >= 15 is 0 Å². The van der Waals surface area contributed by atoms with Crippen molar-refractivity contribution in [1.29, 1.82) is 0 Å². The van der Waals surface area contributed by atoms with Crippen LogP contribution in [0.1, 0.15) is 25.5 Å². The van der Waals surface area contributed by atoms with Crippen LogP contribution >= 0.6 is 11.6 Å². The lowest BCUT2D eigenvalue weighted by Crippen LogP contribution is -2.42. The zero-order valence-corrected chi connectivity index (χ0v) is 17.7. The number of nitrogens with zero attached hydrogens (tertiary/aromatic N) is 1. The highest BCUT2D eigenvalue weighted by molar-refractivity contribution is 6.32. The molecule has 0 bridgehead atoms. The molecule has 0 radical (unpaired) electrons. The Morgan fingerprint density at radius 1 is 1.17 bits per heavy atom. The van der Waals surface area contributed by atoms with Crippen molar-refractivity contribution in [2.75, 3.05) is 33.4 Å². The SMILES string of the molecule is CC(C)[C@@H](NC(=O)N(C)CCOc1ccccc1Cl)c1ccc2c(c1)OCCO2. The minimum Gasteiger partial charge on any atom is -0.490 e. The first-order valence-electron chi connectivity index (χ1n) is 9.74. The van der Waals surface area contributed by atoms with Crippen molar-refractivity contribution < 1.29 is 19.0 Å². The van der Waals surface area contributed by atoms with Gasteiger partial charge in [0.15, 0.2) is 11.5 Å². The Kier molecular flexibility index (Phi) is 7.09. The zero-order chi connectivity index (χ0) is 20.8. The van der Waals surface area contributed by atoms with Gasteiger partial charge in [0, 0.05) is 7.05 Å². The van der Waals surface area contributed by atoms with E-state index in [-0.39, 0.29) is 18.0 Å². The van der Waals surface area contributed by atoms with Gasteiger partial charge < -0.3 is 24.4 Å².